The van der Waals surface area contributed by atoms with Crippen LogP contribution in [-0.4, -0.2) is 18.5 Å². The van der Waals surface area contributed by atoms with Gasteiger partial charge in [-0.15, -0.1) is 0 Å². The average Bonchev–Trinajstić information content (AvgIpc) is 2.46. The molecule has 1 aromatic carbocycles. The Balaban J connectivity index is 2.29. The molecule has 106 valence electrons. The fourth-order valence-electron chi connectivity index (χ4n) is 1.29. The van der Waals surface area contributed by atoms with E-state index in [4.69, 9.17) is 9.47 Å². The number of benzene rings is 1. The van der Waals surface area contributed by atoms with Crippen molar-refractivity contribution < 1.29 is 19.1 Å². The molecular weight excluding hydrogens is 256 g/mol. The number of unbranched alkanes of at least 4 members (excludes halogenated alkanes) is 1. The van der Waals surface area contributed by atoms with Crippen LogP contribution in [0, 0.1) is 0 Å². The number of esters is 2. The van der Waals surface area contributed by atoms with E-state index in [0.717, 1.165) is 30.7 Å². The molecule has 4 heteroatoms. The Kier molecular flexibility index (Phi) is 7.50. The maximum Gasteiger partial charge on any atom is 0.335 e. The lowest BCUT2D eigenvalue weighted by molar-refractivity contribution is -0.138. The highest BCUT2D eigenvalue weighted by Crippen LogP contribution is 2.01. The van der Waals surface area contributed by atoms with E-state index < -0.39 is 11.9 Å². The van der Waals surface area contributed by atoms with Crippen molar-refractivity contribution in [1.82, 2.24) is 0 Å². The van der Waals surface area contributed by atoms with Crippen LogP contribution in [0.4, 0.5) is 0 Å². The van der Waals surface area contributed by atoms with Crippen molar-refractivity contribution in [3.8, 4) is 0 Å². The van der Waals surface area contributed by atoms with E-state index in [1.165, 1.54) is 6.08 Å². The first-order chi connectivity index (χ1) is 9.72. The standard InChI is InChI=1S/C16H18O4/c1-2-3-12-19-16(18)11-13-20-15(17)10-9-14-7-5-4-6-8-14/h4-11,13H,2-3,12H2,1H3. The van der Waals surface area contributed by atoms with Crippen molar-refractivity contribution in [3.05, 3.63) is 54.3 Å². The van der Waals surface area contributed by atoms with E-state index in [1.54, 1.807) is 6.08 Å². The molecule has 20 heavy (non-hydrogen) atoms. The zero-order chi connectivity index (χ0) is 14.6. The smallest absolute Gasteiger partial charge is 0.335 e. The van der Waals surface area contributed by atoms with Crippen molar-refractivity contribution in [2.45, 2.75) is 19.8 Å². The first-order valence-electron chi connectivity index (χ1n) is 6.49. The summed E-state index contributed by atoms with van der Waals surface area (Å²) in [6.07, 6.45) is 6.82. The van der Waals surface area contributed by atoms with Crippen LogP contribution in [0.1, 0.15) is 25.3 Å². The quantitative estimate of drug-likeness (QED) is 0.332. The molecule has 1 aromatic rings. The summed E-state index contributed by atoms with van der Waals surface area (Å²) in [6.45, 7) is 2.38. The topological polar surface area (TPSA) is 52.6 Å². The molecular formula is C16H18O4. The minimum absolute atomic E-state index is 0.377. The maximum atomic E-state index is 11.3. The van der Waals surface area contributed by atoms with E-state index in [1.807, 2.05) is 37.3 Å². The highest BCUT2D eigenvalue weighted by molar-refractivity contribution is 5.88. The van der Waals surface area contributed by atoms with Crippen molar-refractivity contribution in [2.75, 3.05) is 6.61 Å². The number of hydrogen-bond acceptors (Lipinski definition) is 4. The molecule has 0 aliphatic rings. The van der Waals surface area contributed by atoms with Gasteiger partial charge in [-0.25, -0.2) is 9.59 Å². The summed E-state index contributed by atoms with van der Waals surface area (Å²) in [6, 6.07) is 9.37. The molecule has 0 saturated carbocycles. The fraction of sp³-hybridized carbons (Fsp3) is 0.250. The molecule has 0 radical (unpaired) electrons. The Morgan fingerprint density at radius 3 is 2.55 bits per heavy atom. The maximum absolute atomic E-state index is 11.3. The third-order valence-electron chi connectivity index (χ3n) is 2.34. The molecule has 0 aliphatic heterocycles. The van der Waals surface area contributed by atoms with Gasteiger partial charge in [-0.05, 0) is 18.1 Å². The zero-order valence-corrected chi connectivity index (χ0v) is 11.5. The molecule has 0 amide bonds. The number of carbonyl (C=O) groups is 2. The molecule has 0 heterocycles. The van der Waals surface area contributed by atoms with Crippen molar-refractivity contribution in [1.29, 1.82) is 0 Å². The van der Waals surface area contributed by atoms with Crippen LogP contribution in [0.25, 0.3) is 6.08 Å². The summed E-state index contributed by atoms with van der Waals surface area (Å²) in [5, 5.41) is 0. The third-order valence-corrected chi connectivity index (χ3v) is 2.34. The zero-order valence-electron chi connectivity index (χ0n) is 11.5. The number of ether oxygens (including phenoxy) is 2. The molecule has 0 bridgehead atoms. The summed E-state index contributed by atoms with van der Waals surface area (Å²) in [5.74, 6) is -1.07. The van der Waals surface area contributed by atoms with Gasteiger partial charge in [-0.1, -0.05) is 43.7 Å². The molecule has 4 nitrogen and oxygen atoms in total. The summed E-state index contributed by atoms with van der Waals surface area (Å²) < 4.78 is 9.59. The van der Waals surface area contributed by atoms with Crippen LogP contribution in [0.2, 0.25) is 0 Å². The van der Waals surface area contributed by atoms with E-state index >= 15 is 0 Å². The summed E-state index contributed by atoms with van der Waals surface area (Å²) >= 11 is 0. The van der Waals surface area contributed by atoms with Crippen LogP contribution in [0.15, 0.2) is 48.7 Å². The van der Waals surface area contributed by atoms with Gasteiger partial charge in [0.2, 0.25) is 0 Å². The van der Waals surface area contributed by atoms with E-state index in [9.17, 15) is 9.59 Å². The average molecular weight is 274 g/mol. The Bertz CT molecular complexity index is 475. The fourth-order valence-corrected chi connectivity index (χ4v) is 1.29. The molecule has 0 aliphatic carbocycles. The van der Waals surface area contributed by atoms with Crippen LogP contribution < -0.4 is 0 Å². The van der Waals surface area contributed by atoms with Crippen molar-refractivity contribution in [2.24, 2.45) is 0 Å². The van der Waals surface area contributed by atoms with E-state index in [0.29, 0.717) is 6.61 Å². The SMILES string of the molecule is CCCCOC(=O)C=COC(=O)C=Cc1ccccc1. The third kappa shape index (κ3) is 7.16. The van der Waals surface area contributed by atoms with E-state index in [2.05, 4.69) is 0 Å². The molecule has 1 rings (SSSR count). The van der Waals surface area contributed by atoms with Gasteiger partial charge in [0.05, 0.1) is 12.7 Å². The van der Waals surface area contributed by atoms with Gasteiger partial charge in [0.1, 0.15) is 6.26 Å². The lowest BCUT2D eigenvalue weighted by Crippen LogP contribution is -2.02. The Labute approximate surface area is 118 Å². The van der Waals surface area contributed by atoms with Gasteiger partial charge >= 0.3 is 11.9 Å². The molecule has 0 atom stereocenters. The number of hydrogen-bond donors (Lipinski definition) is 0. The van der Waals surface area contributed by atoms with Crippen molar-refractivity contribution >= 4 is 18.0 Å². The molecule has 0 saturated heterocycles. The molecule has 0 N–H and O–H groups in total. The summed E-state index contributed by atoms with van der Waals surface area (Å²) in [7, 11) is 0. The molecule has 0 unspecified atom stereocenters. The Hall–Kier alpha value is -2.36. The van der Waals surface area contributed by atoms with Crippen LogP contribution in [-0.2, 0) is 19.1 Å². The largest absolute Gasteiger partial charge is 0.462 e. The molecule has 0 aromatic heterocycles. The minimum atomic E-state index is -0.550. The Morgan fingerprint density at radius 2 is 1.85 bits per heavy atom. The second-order valence-electron chi connectivity index (χ2n) is 4.00. The van der Waals surface area contributed by atoms with Gasteiger partial charge in [0.25, 0.3) is 0 Å². The monoisotopic (exact) mass is 274 g/mol. The van der Waals surface area contributed by atoms with Gasteiger partial charge in [0.15, 0.2) is 0 Å². The first kappa shape index (κ1) is 15.7. The van der Waals surface area contributed by atoms with Crippen LogP contribution in [0.5, 0.6) is 0 Å². The Morgan fingerprint density at radius 1 is 1.10 bits per heavy atom. The van der Waals surface area contributed by atoms with Crippen LogP contribution >= 0.6 is 0 Å². The minimum Gasteiger partial charge on any atom is -0.462 e. The molecule has 0 fully saturated rings. The lowest BCUT2D eigenvalue weighted by atomic mass is 10.2. The second-order valence-corrected chi connectivity index (χ2v) is 4.00. The number of rotatable bonds is 7. The van der Waals surface area contributed by atoms with Gasteiger partial charge in [-0.2, -0.15) is 0 Å². The summed E-state index contributed by atoms with van der Waals surface area (Å²) in [5.41, 5.74) is 0.896. The van der Waals surface area contributed by atoms with E-state index in [-0.39, 0.29) is 0 Å². The highest BCUT2D eigenvalue weighted by Gasteiger charge is 1.97. The predicted molar refractivity (Wildman–Crippen MR) is 76.6 cm³/mol. The normalized spacial score (nSPS) is 10.8. The summed E-state index contributed by atoms with van der Waals surface area (Å²) in [4.78, 5) is 22.5. The first-order valence-corrected chi connectivity index (χ1v) is 6.49. The van der Waals surface area contributed by atoms with Crippen LogP contribution in [0.3, 0.4) is 0 Å². The second kappa shape index (κ2) is 9.55. The van der Waals surface area contributed by atoms with Gasteiger partial charge < -0.3 is 9.47 Å². The van der Waals surface area contributed by atoms with Gasteiger partial charge in [0, 0.05) is 6.08 Å². The molecule has 0 spiro atoms. The predicted octanol–water partition coefficient (Wildman–Crippen LogP) is 3.10. The number of carbonyl (C=O) groups excluding carboxylic acids is 2. The van der Waals surface area contributed by atoms with Crippen molar-refractivity contribution in [3.63, 3.8) is 0 Å². The van der Waals surface area contributed by atoms with Gasteiger partial charge in [-0.3, -0.25) is 0 Å². The highest BCUT2D eigenvalue weighted by atomic mass is 16.5. The lowest BCUT2D eigenvalue weighted by Gasteiger charge is -1.98.